The first-order valence-electron chi connectivity index (χ1n) is 8.02. The molecule has 0 radical (unpaired) electrons. The highest BCUT2D eigenvalue weighted by Gasteiger charge is 2.38. The number of carbonyl (C=O) groups excluding carboxylic acids is 1. The summed E-state index contributed by atoms with van der Waals surface area (Å²) in [6, 6.07) is 12.8. The number of benzene rings is 2. The second-order valence-corrected chi connectivity index (χ2v) is 7.76. The molecule has 1 aliphatic rings. The number of carbonyl (C=O) groups is 1. The van der Waals surface area contributed by atoms with Gasteiger partial charge in [-0.15, -0.1) is 0 Å². The third kappa shape index (κ3) is 2.61. The highest BCUT2D eigenvalue weighted by molar-refractivity contribution is 5.95. The van der Waals surface area contributed by atoms with E-state index in [0.29, 0.717) is 0 Å². The third-order valence-electron chi connectivity index (χ3n) is 4.62. The average Bonchev–Trinajstić information content (AvgIpc) is 2.73. The van der Waals surface area contributed by atoms with Gasteiger partial charge in [-0.3, -0.25) is 10.2 Å². The molecule has 0 aliphatic carbocycles. The number of hydrogen-bond donors (Lipinski definition) is 2. The lowest BCUT2D eigenvalue weighted by Gasteiger charge is -2.24. The lowest BCUT2D eigenvalue weighted by atomic mass is 9.80. The number of hydrazine groups is 1. The van der Waals surface area contributed by atoms with Crippen molar-refractivity contribution < 1.29 is 4.79 Å². The molecule has 2 aromatic rings. The molecule has 23 heavy (non-hydrogen) atoms. The van der Waals surface area contributed by atoms with Gasteiger partial charge in [-0.25, -0.2) is 0 Å². The van der Waals surface area contributed by atoms with Crippen LogP contribution in [0.1, 0.15) is 45.7 Å². The van der Waals surface area contributed by atoms with E-state index in [1.54, 1.807) is 0 Å². The van der Waals surface area contributed by atoms with Gasteiger partial charge in [-0.2, -0.15) is 0 Å². The highest BCUT2D eigenvalue weighted by Crippen LogP contribution is 2.36. The van der Waals surface area contributed by atoms with E-state index in [2.05, 4.69) is 74.1 Å². The first-order valence-corrected chi connectivity index (χ1v) is 8.02. The van der Waals surface area contributed by atoms with E-state index >= 15 is 0 Å². The van der Waals surface area contributed by atoms with Crippen molar-refractivity contribution in [3.05, 3.63) is 53.2 Å². The molecule has 120 valence electrons. The van der Waals surface area contributed by atoms with Gasteiger partial charge in [-0.1, -0.05) is 57.2 Å². The first-order chi connectivity index (χ1) is 10.7. The molecule has 1 fully saturated rings. The summed E-state index contributed by atoms with van der Waals surface area (Å²) >= 11 is 0. The van der Waals surface area contributed by atoms with Crippen molar-refractivity contribution in [2.24, 2.45) is 5.41 Å². The van der Waals surface area contributed by atoms with Crippen molar-refractivity contribution in [2.75, 3.05) is 0 Å². The minimum atomic E-state index is -0.550. The van der Waals surface area contributed by atoms with Crippen molar-refractivity contribution in [3.63, 3.8) is 0 Å². The summed E-state index contributed by atoms with van der Waals surface area (Å²) in [4.78, 5) is 12.0. The Morgan fingerprint density at radius 3 is 2.30 bits per heavy atom. The van der Waals surface area contributed by atoms with Crippen LogP contribution < -0.4 is 10.9 Å². The smallest absolute Gasteiger partial charge is 0.249 e. The average molecular weight is 308 g/mol. The number of amides is 1. The van der Waals surface area contributed by atoms with Crippen molar-refractivity contribution in [1.82, 2.24) is 10.9 Å². The highest BCUT2D eigenvalue weighted by atomic mass is 16.2. The van der Waals surface area contributed by atoms with E-state index in [1.165, 1.54) is 21.9 Å². The topological polar surface area (TPSA) is 41.1 Å². The molecule has 1 amide bonds. The largest absolute Gasteiger partial charge is 0.302 e. The molecule has 0 spiro atoms. The van der Waals surface area contributed by atoms with Crippen LogP contribution in [0, 0.1) is 5.41 Å². The molecule has 2 N–H and O–H groups in total. The van der Waals surface area contributed by atoms with Crippen LogP contribution in [0.3, 0.4) is 0 Å². The van der Waals surface area contributed by atoms with E-state index in [0.717, 1.165) is 5.70 Å². The minimum absolute atomic E-state index is 0.00120. The Balaban J connectivity index is 2.29. The normalized spacial score (nSPS) is 19.0. The summed E-state index contributed by atoms with van der Waals surface area (Å²) < 4.78 is 0. The van der Waals surface area contributed by atoms with Gasteiger partial charge in [0.2, 0.25) is 5.91 Å². The molecule has 0 aromatic heterocycles. The van der Waals surface area contributed by atoms with Crippen LogP contribution in [0.25, 0.3) is 16.8 Å². The quantitative estimate of drug-likeness (QED) is 0.831. The summed E-state index contributed by atoms with van der Waals surface area (Å²) in [6.07, 6.45) is 2.13. The van der Waals surface area contributed by atoms with Crippen LogP contribution in [-0.2, 0) is 10.2 Å². The molecule has 1 saturated heterocycles. The zero-order valence-corrected chi connectivity index (χ0v) is 14.4. The number of nitrogens with one attached hydrogen (secondary N) is 2. The van der Waals surface area contributed by atoms with Crippen LogP contribution in [0.5, 0.6) is 0 Å². The number of rotatable bonds is 1. The van der Waals surface area contributed by atoms with Crippen molar-refractivity contribution >= 4 is 22.8 Å². The molecule has 0 atom stereocenters. The number of hydrogen-bond acceptors (Lipinski definition) is 2. The standard InChI is InChI=1S/C20H24N2O/c1-19(2,3)16-11-10-13-8-6-7-9-14(13)15(16)12-17-20(4,5)18(23)22-21-17/h6-12,21H,1-5H3,(H,22,23)/b17-12-. The molecule has 3 rings (SSSR count). The van der Waals surface area contributed by atoms with Crippen LogP contribution in [0.15, 0.2) is 42.1 Å². The van der Waals surface area contributed by atoms with Crippen LogP contribution in [0.2, 0.25) is 0 Å². The maximum Gasteiger partial charge on any atom is 0.249 e. The zero-order chi connectivity index (χ0) is 16.8. The molecular weight excluding hydrogens is 284 g/mol. The van der Waals surface area contributed by atoms with Gasteiger partial charge in [0, 0.05) is 5.70 Å². The van der Waals surface area contributed by atoms with Gasteiger partial charge in [0.1, 0.15) is 0 Å². The minimum Gasteiger partial charge on any atom is -0.302 e. The summed E-state index contributed by atoms with van der Waals surface area (Å²) in [6.45, 7) is 10.5. The van der Waals surface area contributed by atoms with E-state index in [-0.39, 0.29) is 11.3 Å². The first kappa shape index (κ1) is 15.6. The summed E-state index contributed by atoms with van der Waals surface area (Å²) in [5.74, 6) is 0.00120. The molecule has 0 unspecified atom stereocenters. The molecule has 0 bridgehead atoms. The Bertz CT molecular complexity index is 810. The Morgan fingerprint density at radius 1 is 1.00 bits per heavy atom. The summed E-state index contributed by atoms with van der Waals surface area (Å²) in [5, 5.41) is 2.42. The Kier molecular flexibility index (Phi) is 3.47. The number of fused-ring (bicyclic) bond motifs is 1. The van der Waals surface area contributed by atoms with Crippen LogP contribution in [0.4, 0.5) is 0 Å². The van der Waals surface area contributed by atoms with E-state index in [4.69, 9.17) is 0 Å². The molecule has 3 nitrogen and oxygen atoms in total. The van der Waals surface area contributed by atoms with Gasteiger partial charge < -0.3 is 5.43 Å². The lowest BCUT2D eigenvalue weighted by Crippen LogP contribution is -2.28. The second kappa shape index (κ2) is 5.12. The van der Waals surface area contributed by atoms with Gasteiger partial charge in [0.05, 0.1) is 5.41 Å². The van der Waals surface area contributed by atoms with Crippen molar-refractivity contribution in [3.8, 4) is 0 Å². The molecule has 2 aromatic carbocycles. The van der Waals surface area contributed by atoms with Crippen LogP contribution >= 0.6 is 0 Å². The van der Waals surface area contributed by atoms with Gasteiger partial charge in [-0.05, 0) is 47.2 Å². The maximum absolute atomic E-state index is 12.0. The Labute approximate surface area is 137 Å². The fourth-order valence-corrected chi connectivity index (χ4v) is 3.02. The second-order valence-electron chi connectivity index (χ2n) is 7.76. The maximum atomic E-state index is 12.0. The molecule has 1 aliphatic heterocycles. The molecule has 3 heteroatoms. The van der Waals surface area contributed by atoms with Crippen molar-refractivity contribution in [2.45, 2.75) is 40.0 Å². The van der Waals surface area contributed by atoms with E-state index in [9.17, 15) is 4.79 Å². The molecule has 1 heterocycles. The fourth-order valence-electron chi connectivity index (χ4n) is 3.02. The fraction of sp³-hybridized carbons (Fsp3) is 0.350. The molecular formula is C20H24N2O. The van der Waals surface area contributed by atoms with Crippen molar-refractivity contribution in [1.29, 1.82) is 0 Å². The zero-order valence-electron chi connectivity index (χ0n) is 14.4. The lowest BCUT2D eigenvalue weighted by molar-refractivity contribution is -0.125. The Hall–Kier alpha value is -2.29. The van der Waals surface area contributed by atoms with E-state index < -0.39 is 5.41 Å². The van der Waals surface area contributed by atoms with Gasteiger partial charge in [0.15, 0.2) is 0 Å². The monoisotopic (exact) mass is 308 g/mol. The predicted octanol–water partition coefficient (Wildman–Crippen LogP) is 4.14. The summed E-state index contributed by atoms with van der Waals surface area (Å²) in [7, 11) is 0. The summed E-state index contributed by atoms with van der Waals surface area (Å²) in [5.41, 5.74) is 8.62. The van der Waals surface area contributed by atoms with Gasteiger partial charge >= 0.3 is 0 Å². The van der Waals surface area contributed by atoms with Crippen LogP contribution in [-0.4, -0.2) is 5.91 Å². The predicted molar refractivity (Wildman–Crippen MR) is 95.7 cm³/mol. The third-order valence-corrected chi connectivity index (χ3v) is 4.62. The Morgan fingerprint density at radius 2 is 1.70 bits per heavy atom. The van der Waals surface area contributed by atoms with Gasteiger partial charge in [0.25, 0.3) is 0 Å². The SMILES string of the molecule is CC1(C)C(=O)NN/C1=C\c1c(C(C)(C)C)ccc2ccccc12. The molecule has 0 saturated carbocycles. The van der Waals surface area contributed by atoms with E-state index in [1.807, 2.05) is 13.8 Å².